The number of hydrogen-bond donors (Lipinski definition) is 0. The first-order valence-electron chi connectivity index (χ1n) is 7.58. The normalized spacial score (nSPS) is 44.1. The number of ether oxygens (including phenoxy) is 3. The summed E-state index contributed by atoms with van der Waals surface area (Å²) >= 11 is 0. The summed E-state index contributed by atoms with van der Waals surface area (Å²) < 4.78 is 16.8. The Balaban J connectivity index is 1.83. The fourth-order valence-electron chi connectivity index (χ4n) is 3.71. The highest BCUT2D eigenvalue weighted by molar-refractivity contribution is 5.75. The molecule has 0 aromatic carbocycles. The van der Waals surface area contributed by atoms with Crippen molar-refractivity contribution in [2.75, 3.05) is 13.7 Å². The van der Waals surface area contributed by atoms with Gasteiger partial charge in [-0.25, -0.2) is 0 Å². The summed E-state index contributed by atoms with van der Waals surface area (Å²) in [5.74, 6) is -0.0259. The molecule has 0 bridgehead atoms. The molecule has 3 unspecified atom stereocenters. The molecular formula is C16H24O4. The molecule has 0 radical (unpaired) electrons. The zero-order valence-corrected chi connectivity index (χ0v) is 12.6. The van der Waals surface area contributed by atoms with Crippen LogP contribution in [0.5, 0.6) is 0 Å². The van der Waals surface area contributed by atoms with E-state index in [9.17, 15) is 4.79 Å². The number of fused-ring (bicyclic) bond motifs is 3. The van der Waals surface area contributed by atoms with Gasteiger partial charge in [-0.1, -0.05) is 11.6 Å². The summed E-state index contributed by atoms with van der Waals surface area (Å²) in [4.78, 5) is 12.1. The maximum absolute atomic E-state index is 12.1. The Morgan fingerprint density at radius 1 is 1.50 bits per heavy atom. The maximum Gasteiger partial charge on any atom is 0.312 e. The van der Waals surface area contributed by atoms with Crippen LogP contribution in [0.3, 0.4) is 0 Å². The molecule has 4 nitrogen and oxygen atoms in total. The summed E-state index contributed by atoms with van der Waals surface area (Å²) in [6, 6.07) is 0. The van der Waals surface area contributed by atoms with E-state index in [1.807, 2.05) is 0 Å². The molecule has 0 aromatic heterocycles. The lowest BCUT2D eigenvalue weighted by Crippen LogP contribution is -2.31. The first-order valence-corrected chi connectivity index (χ1v) is 7.58. The minimum atomic E-state index is -0.134. The number of carbonyl (C=O) groups excluding carboxylic acids is 1. The second-order valence-corrected chi connectivity index (χ2v) is 6.61. The minimum absolute atomic E-state index is 0.0742. The molecule has 0 N–H and O–H groups in total. The quantitative estimate of drug-likeness (QED) is 0.443. The third-order valence-electron chi connectivity index (χ3n) is 5.08. The van der Waals surface area contributed by atoms with Crippen LogP contribution in [0.15, 0.2) is 11.6 Å². The van der Waals surface area contributed by atoms with Gasteiger partial charge in [0.2, 0.25) is 0 Å². The molecule has 2 heterocycles. The second-order valence-electron chi connectivity index (χ2n) is 6.61. The Hall–Kier alpha value is -0.870. The van der Waals surface area contributed by atoms with Crippen LogP contribution in [0.2, 0.25) is 0 Å². The third-order valence-corrected chi connectivity index (χ3v) is 5.08. The lowest BCUT2D eigenvalue weighted by atomic mass is 9.81. The van der Waals surface area contributed by atoms with Gasteiger partial charge < -0.3 is 14.2 Å². The molecule has 20 heavy (non-hydrogen) atoms. The number of epoxide rings is 1. The van der Waals surface area contributed by atoms with Gasteiger partial charge in [0.05, 0.1) is 18.1 Å². The highest BCUT2D eigenvalue weighted by Gasteiger charge is 2.62. The molecule has 0 amide bonds. The molecule has 4 heteroatoms. The van der Waals surface area contributed by atoms with Crippen molar-refractivity contribution in [1.29, 1.82) is 0 Å². The maximum atomic E-state index is 12.1. The van der Waals surface area contributed by atoms with Gasteiger partial charge in [0, 0.05) is 13.0 Å². The summed E-state index contributed by atoms with van der Waals surface area (Å²) in [7, 11) is 1.64. The van der Waals surface area contributed by atoms with E-state index in [0.29, 0.717) is 6.61 Å². The molecule has 2 saturated heterocycles. The largest absolute Gasteiger partial charge is 0.459 e. The lowest BCUT2D eigenvalue weighted by Gasteiger charge is -2.21. The van der Waals surface area contributed by atoms with E-state index in [0.717, 1.165) is 25.7 Å². The Bertz CT molecular complexity index is 430. The summed E-state index contributed by atoms with van der Waals surface area (Å²) in [6.45, 7) is 4.76. The Morgan fingerprint density at radius 2 is 2.30 bits per heavy atom. The number of hydrogen-bond acceptors (Lipinski definition) is 4. The molecule has 0 saturated carbocycles. The standard InChI is InChI=1S/C16H24O4/c1-10-5-4-8-16(2)14(20-16)13-11(7-6-10)12(9-18-3)15(17)19-13/h5,11-14H,4,6-9H2,1-3H3/t11-,12?,13?,14?,16+/m0/s1. The van der Waals surface area contributed by atoms with E-state index >= 15 is 0 Å². The van der Waals surface area contributed by atoms with Crippen molar-refractivity contribution in [2.24, 2.45) is 11.8 Å². The predicted molar refractivity (Wildman–Crippen MR) is 74.2 cm³/mol. The summed E-state index contributed by atoms with van der Waals surface area (Å²) in [5.41, 5.74) is 1.29. The van der Waals surface area contributed by atoms with E-state index in [1.54, 1.807) is 7.11 Å². The fraction of sp³-hybridized carbons (Fsp3) is 0.812. The van der Waals surface area contributed by atoms with Gasteiger partial charge in [0.1, 0.15) is 12.2 Å². The number of esters is 1. The molecule has 0 aromatic rings. The van der Waals surface area contributed by atoms with Gasteiger partial charge >= 0.3 is 5.97 Å². The molecule has 3 aliphatic rings. The number of carbonyl (C=O) groups is 1. The highest BCUT2D eigenvalue weighted by atomic mass is 16.6. The molecule has 112 valence electrons. The average Bonchev–Trinajstić information content (AvgIpc) is 2.97. The fourth-order valence-corrected chi connectivity index (χ4v) is 3.71. The summed E-state index contributed by atoms with van der Waals surface area (Å²) in [6.07, 6.45) is 6.36. The molecular weight excluding hydrogens is 256 g/mol. The van der Waals surface area contributed by atoms with Crippen molar-refractivity contribution in [3.8, 4) is 0 Å². The third kappa shape index (κ3) is 2.40. The van der Waals surface area contributed by atoms with E-state index in [4.69, 9.17) is 14.2 Å². The number of allylic oxidation sites excluding steroid dienone is 2. The van der Waals surface area contributed by atoms with E-state index in [2.05, 4.69) is 19.9 Å². The van der Waals surface area contributed by atoms with Gasteiger partial charge in [-0.2, -0.15) is 0 Å². The monoisotopic (exact) mass is 280 g/mol. The SMILES string of the molecule is COCC1C(=O)OC2C3O[C@]3(C)CCC=C(C)CC[C@@H]12. The Kier molecular flexibility index (Phi) is 3.63. The number of methoxy groups -OCH3 is 1. The van der Waals surface area contributed by atoms with Crippen LogP contribution in [0, 0.1) is 11.8 Å². The second kappa shape index (κ2) is 5.15. The molecule has 2 fully saturated rings. The van der Waals surface area contributed by atoms with Crippen molar-refractivity contribution in [2.45, 2.75) is 57.3 Å². The van der Waals surface area contributed by atoms with Gasteiger partial charge in [-0.05, 0) is 39.5 Å². The molecule has 2 aliphatic heterocycles. The molecule has 1 aliphatic carbocycles. The topological polar surface area (TPSA) is 48.1 Å². The van der Waals surface area contributed by atoms with Gasteiger partial charge in [0.25, 0.3) is 0 Å². The van der Waals surface area contributed by atoms with Crippen molar-refractivity contribution in [3.05, 3.63) is 11.6 Å². The van der Waals surface area contributed by atoms with Crippen LogP contribution in [0.1, 0.15) is 39.5 Å². The molecule has 3 rings (SSSR count). The van der Waals surface area contributed by atoms with E-state index < -0.39 is 0 Å². The van der Waals surface area contributed by atoms with Crippen LogP contribution < -0.4 is 0 Å². The van der Waals surface area contributed by atoms with E-state index in [1.165, 1.54) is 5.57 Å². The highest BCUT2D eigenvalue weighted by Crippen LogP contribution is 2.50. The van der Waals surface area contributed by atoms with Gasteiger partial charge in [-0.3, -0.25) is 4.79 Å². The minimum Gasteiger partial charge on any atom is -0.459 e. The van der Waals surface area contributed by atoms with Crippen molar-refractivity contribution >= 4 is 5.97 Å². The van der Waals surface area contributed by atoms with Gasteiger partial charge in [-0.15, -0.1) is 0 Å². The summed E-state index contributed by atoms with van der Waals surface area (Å²) in [5, 5.41) is 0. The Morgan fingerprint density at radius 3 is 3.05 bits per heavy atom. The lowest BCUT2D eigenvalue weighted by molar-refractivity contribution is -0.145. The Labute approximate surface area is 120 Å². The molecule has 5 atom stereocenters. The average molecular weight is 280 g/mol. The van der Waals surface area contributed by atoms with Crippen LogP contribution in [0.25, 0.3) is 0 Å². The van der Waals surface area contributed by atoms with Crippen LogP contribution >= 0.6 is 0 Å². The smallest absolute Gasteiger partial charge is 0.312 e. The zero-order valence-electron chi connectivity index (χ0n) is 12.6. The number of rotatable bonds is 2. The van der Waals surface area contributed by atoms with Crippen molar-refractivity contribution < 1.29 is 19.0 Å². The van der Waals surface area contributed by atoms with E-state index in [-0.39, 0.29) is 35.6 Å². The first-order chi connectivity index (χ1) is 9.55. The zero-order chi connectivity index (χ0) is 14.3. The van der Waals surface area contributed by atoms with Crippen molar-refractivity contribution in [1.82, 2.24) is 0 Å². The predicted octanol–water partition coefficient (Wildman–Crippen LogP) is 2.47. The van der Waals surface area contributed by atoms with Gasteiger partial charge in [0.15, 0.2) is 0 Å². The van der Waals surface area contributed by atoms with Crippen molar-refractivity contribution in [3.63, 3.8) is 0 Å². The van der Waals surface area contributed by atoms with Crippen LogP contribution in [-0.2, 0) is 19.0 Å². The van der Waals surface area contributed by atoms with Crippen LogP contribution in [-0.4, -0.2) is 37.5 Å². The first kappa shape index (κ1) is 14.1. The molecule has 0 spiro atoms. The van der Waals surface area contributed by atoms with Crippen LogP contribution in [0.4, 0.5) is 0 Å².